The number of nitrogens with one attached hydrogen (secondary N) is 1. The summed E-state index contributed by atoms with van der Waals surface area (Å²) in [6.45, 7) is 2.95. The zero-order valence-corrected chi connectivity index (χ0v) is 11.2. The molecule has 1 unspecified atom stereocenters. The molecule has 0 aliphatic carbocycles. The number of carbonyl (C=O) groups excluding carboxylic acids is 1. The quantitative estimate of drug-likeness (QED) is 0.819. The second-order valence-corrected chi connectivity index (χ2v) is 4.82. The van der Waals surface area contributed by atoms with Gasteiger partial charge < -0.3 is 10.1 Å². The van der Waals surface area contributed by atoms with Gasteiger partial charge in [-0.3, -0.25) is 9.48 Å². The SMILES string of the molecule is COCC(Br)CNC(=O)c1cnn(C)c1C. The van der Waals surface area contributed by atoms with E-state index in [0.717, 1.165) is 5.69 Å². The Hall–Kier alpha value is -0.880. The fourth-order valence-electron chi connectivity index (χ4n) is 1.26. The molecular formula is C10H16BrN3O2. The van der Waals surface area contributed by atoms with Crippen molar-refractivity contribution in [3.8, 4) is 0 Å². The number of ether oxygens (including phenoxy) is 1. The summed E-state index contributed by atoms with van der Waals surface area (Å²) in [5.74, 6) is -0.105. The van der Waals surface area contributed by atoms with E-state index in [9.17, 15) is 4.79 Å². The first-order chi connectivity index (χ1) is 7.56. The molecule has 1 atom stereocenters. The lowest BCUT2D eigenvalue weighted by atomic mass is 10.2. The van der Waals surface area contributed by atoms with Crippen LogP contribution in [0, 0.1) is 6.92 Å². The second-order valence-electron chi connectivity index (χ2n) is 3.53. The van der Waals surface area contributed by atoms with Crippen LogP contribution in [-0.2, 0) is 11.8 Å². The Labute approximate surface area is 103 Å². The monoisotopic (exact) mass is 289 g/mol. The van der Waals surface area contributed by atoms with Crippen molar-refractivity contribution in [1.29, 1.82) is 0 Å². The highest BCUT2D eigenvalue weighted by molar-refractivity contribution is 9.09. The smallest absolute Gasteiger partial charge is 0.254 e. The van der Waals surface area contributed by atoms with Crippen LogP contribution in [0.3, 0.4) is 0 Å². The molecule has 0 spiro atoms. The van der Waals surface area contributed by atoms with Crippen LogP contribution < -0.4 is 5.32 Å². The van der Waals surface area contributed by atoms with E-state index in [1.807, 2.05) is 14.0 Å². The summed E-state index contributed by atoms with van der Waals surface area (Å²) in [5.41, 5.74) is 1.47. The standard InChI is InChI=1S/C10H16BrN3O2/c1-7-9(5-13-14(7)2)10(15)12-4-8(11)6-16-3/h5,8H,4,6H2,1-3H3,(H,12,15). The minimum atomic E-state index is -0.105. The zero-order valence-electron chi connectivity index (χ0n) is 9.66. The predicted octanol–water partition coefficient (Wildman–Crippen LogP) is 0.868. The van der Waals surface area contributed by atoms with Gasteiger partial charge in [0.05, 0.1) is 23.2 Å². The van der Waals surface area contributed by atoms with E-state index in [1.54, 1.807) is 18.0 Å². The number of aromatic nitrogens is 2. The zero-order chi connectivity index (χ0) is 12.1. The van der Waals surface area contributed by atoms with Gasteiger partial charge in [-0.2, -0.15) is 5.10 Å². The van der Waals surface area contributed by atoms with Gasteiger partial charge in [-0.1, -0.05) is 15.9 Å². The van der Waals surface area contributed by atoms with Crippen molar-refractivity contribution < 1.29 is 9.53 Å². The molecule has 1 aromatic rings. The van der Waals surface area contributed by atoms with Crippen LogP contribution in [0.5, 0.6) is 0 Å². The third-order valence-corrected chi connectivity index (χ3v) is 2.90. The third kappa shape index (κ3) is 3.31. The molecule has 90 valence electrons. The molecule has 0 radical (unpaired) electrons. The highest BCUT2D eigenvalue weighted by atomic mass is 79.9. The number of halogens is 1. The molecule has 0 bridgehead atoms. The van der Waals surface area contributed by atoms with Gasteiger partial charge in [0, 0.05) is 26.4 Å². The van der Waals surface area contributed by atoms with E-state index in [0.29, 0.717) is 18.7 Å². The molecule has 0 saturated carbocycles. The lowest BCUT2D eigenvalue weighted by Gasteiger charge is -2.09. The summed E-state index contributed by atoms with van der Waals surface area (Å²) in [7, 11) is 3.44. The molecule has 1 amide bonds. The van der Waals surface area contributed by atoms with Crippen LogP contribution in [0.4, 0.5) is 0 Å². The molecule has 1 rings (SSSR count). The van der Waals surface area contributed by atoms with E-state index in [4.69, 9.17) is 4.74 Å². The minimum absolute atomic E-state index is 0.105. The number of carbonyl (C=O) groups is 1. The van der Waals surface area contributed by atoms with Gasteiger partial charge in [0.1, 0.15) is 0 Å². The van der Waals surface area contributed by atoms with Crippen LogP contribution in [0.2, 0.25) is 0 Å². The van der Waals surface area contributed by atoms with Gasteiger partial charge in [0.25, 0.3) is 5.91 Å². The summed E-state index contributed by atoms with van der Waals surface area (Å²) in [4.78, 5) is 11.9. The average molecular weight is 290 g/mol. The number of rotatable bonds is 5. The fraction of sp³-hybridized carbons (Fsp3) is 0.600. The van der Waals surface area contributed by atoms with Crippen molar-refractivity contribution in [2.75, 3.05) is 20.3 Å². The summed E-state index contributed by atoms with van der Waals surface area (Å²) in [6.07, 6.45) is 1.57. The average Bonchev–Trinajstić information content (AvgIpc) is 2.57. The second kappa shape index (κ2) is 6.00. The maximum Gasteiger partial charge on any atom is 0.254 e. The van der Waals surface area contributed by atoms with Gasteiger partial charge >= 0.3 is 0 Å². The molecule has 5 nitrogen and oxygen atoms in total. The number of aryl methyl sites for hydroxylation is 1. The number of nitrogens with zero attached hydrogens (tertiary/aromatic N) is 2. The van der Waals surface area contributed by atoms with E-state index in [2.05, 4.69) is 26.3 Å². The van der Waals surface area contributed by atoms with Crippen molar-refractivity contribution in [3.05, 3.63) is 17.5 Å². The van der Waals surface area contributed by atoms with Crippen LogP contribution in [0.15, 0.2) is 6.20 Å². The first-order valence-electron chi connectivity index (χ1n) is 4.96. The summed E-state index contributed by atoms with van der Waals surface area (Å²) < 4.78 is 6.63. The number of hydrogen-bond donors (Lipinski definition) is 1. The Bertz CT molecular complexity index is 365. The lowest BCUT2D eigenvalue weighted by Crippen LogP contribution is -2.31. The molecule has 1 N–H and O–H groups in total. The van der Waals surface area contributed by atoms with Gasteiger partial charge in [0.15, 0.2) is 0 Å². The molecule has 6 heteroatoms. The first kappa shape index (κ1) is 13.2. The number of hydrogen-bond acceptors (Lipinski definition) is 3. The Morgan fingerprint density at radius 3 is 2.94 bits per heavy atom. The van der Waals surface area contributed by atoms with E-state index >= 15 is 0 Å². The van der Waals surface area contributed by atoms with Gasteiger partial charge in [0.2, 0.25) is 0 Å². The van der Waals surface area contributed by atoms with Crippen molar-refractivity contribution in [2.45, 2.75) is 11.8 Å². The molecule has 0 fully saturated rings. The predicted molar refractivity (Wildman–Crippen MR) is 64.9 cm³/mol. The Morgan fingerprint density at radius 1 is 1.75 bits per heavy atom. The van der Waals surface area contributed by atoms with Crippen LogP contribution in [0.1, 0.15) is 16.1 Å². The highest BCUT2D eigenvalue weighted by Crippen LogP contribution is 2.05. The van der Waals surface area contributed by atoms with E-state index in [-0.39, 0.29) is 10.7 Å². The largest absolute Gasteiger partial charge is 0.383 e. The molecule has 0 aliphatic heterocycles. The van der Waals surface area contributed by atoms with Crippen molar-refractivity contribution in [3.63, 3.8) is 0 Å². The van der Waals surface area contributed by atoms with Gasteiger partial charge in [-0.25, -0.2) is 0 Å². The van der Waals surface area contributed by atoms with Crippen LogP contribution >= 0.6 is 15.9 Å². The number of alkyl halides is 1. The van der Waals surface area contributed by atoms with Crippen molar-refractivity contribution in [1.82, 2.24) is 15.1 Å². The number of methoxy groups -OCH3 is 1. The molecular weight excluding hydrogens is 274 g/mol. The summed E-state index contributed by atoms with van der Waals surface area (Å²) in [5, 5.41) is 6.84. The third-order valence-electron chi connectivity index (χ3n) is 2.31. The van der Waals surface area contributed by atoms with E-state index in [1.165, 1.54) is 0 Å². The highest BCUT2D eigenvalue weighted by Gasteiger charge is 2.13. The van der Waals surface area contributed by atoms with Crippen LogP contribution in [-0.4, -0.2) is 40.8 Å². The Balaban J connectivity index is 2.50. The Morgan fingerprint density at radius 2 is 2.44 bits per heavy atom. The molecule has 0 aliphatic rings. The fourth-order valence-corrected chi connectivity index (χ4v) is 1.69. The molecule has 1 aromatic heterocycles. The lowest BCUT2D eigenvalue weighted by molar-refractivity contribution is 0.0949. The molecule has 16 heavy (non-hydrogen) atoms. The maximum absolute atomic E-state index is 11.8. The molecule has 0 aromatic carbocycles. The number of amides is 1. The van der Waals surface area contributed by atoms with Crippen molar-refractivity contribution in [2.24, 2.45) is 7.05 Å². The van der Waals surface area contributed by atoms with Gasteiger partial charge in [-0.15, -0.1) is 0 Å². The molecule has 0 saturated heterocycles. The normalized spacial score (nSPS) is 12.5. The Kier molecular flexibility index (Phi) is 4.95. The van der Waals surface area contributed by atoms with Gasteiger partial charge in [-0.05, 0) is 6.92 Å². The minimum Gasteiger partial charge on any atom is -0.383 e. The molecule has 1 heterocycles. The summed E-state index contributed by atoms with van der Waals surface area (Å²) >= 11 is 3.40. The topological polar surface area (TPSA) is 56.1 Å². The maximum atomic E-state index is 11.8. The first-order valence-corrected chi connectivity index (χ1v) is 5.87. The van der Waals surface area contributed by atoms with E-state index < -0.39 is 0 Å². The van der Waals surface area contributed by atoms with Crippen molar-refractivity contribution >= 4 is 21.8 Å². The van der Waals surface area contributed by atoms with Crippen LogP contribution in [0.25, 0.3) is 0 Å². The summed E-state index contributed by atoms with van der Waals surface area (Å²) in [6, 6.07) is 0.